The molecule has 5 aliphatic carbocycles. The van der Waals surface area contributed by atoms with E-state index in [4.69, 9.17) is 0 Å². The summed E-state index contributed by atoms with van der Waals surface area (Å²) in [6.45, 7) is 4.24. The number of fused-ring (bicyclic) bond motifs is 5. The monoisotopic (exact) mass is 784 g/mol. The van der Waals surface area contributed by atoms with E-state index < -0.39 is 0 Å². The molecule has 8 aromatic rings. The van der Waals surface area contributed by atoms with Gasteiger partial charge in [0, 0.05) is 39.5 Å². The molecule has 4 fully saturated rings. The molecule has 4 saturated carbocycles. The van der Waals surface area contributed by atoms with Crippen molar-refractivity contribution in [1.29, 1.82) is 0 Å². The minimum atomic E-state index is -0.238. The highest BCUT2D eigenvalue weighted by Gasteiger charge is 2.61. The van der Waals surface area contributed by atoms with Crippen LogP contribution in [0.2, 0.25) is 0 Å². The van der Waals surface area contributed by atoms with E-state index in [1.54, 1.807) is 24.3 Å². The zero-order valence-electron chi connectivity index (χ0n) is 34.0. The van der Waals surface area contributed by atoms with Gasteiger partial charge in [-0.2, -0.15) is 0 Å². The lowest BCUT2D eigenvalue weighted by Gasteiger charge is -2.61. The average molecular weight is 785 g/mol. The van der Waals surface area contributed by atoms with Gasteiger partial charge in [-0.15, -0.1) is 0 Å². The van der Waals surface area contributed by atoms with Crippen LogP contribution in [0.3, 0.4) is 0 Å². The third-order valence-electron chi connectivity index (χ3n) is 14.7. The summed E-state index contributed by atoms with van der Waals surface area (Å²) in [5.74, 6) is 2.42. The number of nitrogens with zero attached hydrogens (tertiary/aromatic N) is 2. The molecule has 0 amide bonds. The lowest BCUT2D eigenvalue weighted by molar-refractivity contribution is -0.0398. The highest BCUT2D eigenvalue weighted by Crippen LogP contribution is 2.70. The quantitative estimate of drug-likeness (QED) is 0.166. The zero-order chi connectivity index (χ0) is 40.3. The summed E-state index contributed by atoms with van der Waals surface area (Å²) < 4.78 is 28.5. The Balaban J connectivity index is 1.04. The SMILES string of the molecule is Cc1cccc(N(c2ccc(F)cc2)c2ccc3cc4c(cc3c2)C2(c3cc5cc(N(c6ccc(F)cc6)c6cccc(C)c6)ccc5cc3-4)C3CC4CC(C3)CC2C4)c1. The fourth-order valence-corrected chi connectivity index (χ4v) is 12.5. The van der Waals surface area contributed by atoms with Crippen LogP contribution in [0.15, 0.2) is 158 Å². The molecule has 0 aromatic heterocycles. The van der Waals surface area contributed by atoms with Crippen LogP contribution in [0.4, 0.5) is 42.9 Å². The van der Waals surface area contributed by atoms with Crippen molar-refractivity contribution in [3.63, 3.8) is 0 Å². The van der Waals surface area contributed by atoms with Gasteiger partial charge in [-0.25, -0.2) is 8.78 Å². The number of hydrogen-bond donors (Lipinski definition) is 0. The summed E-state index contributed by atoms with van der Waals surface area (Å²) in [5.41, 5.74) is 14.2. The van der Waals surface area contributed by atoms with Crippen molar-refractivity contribution in [2.24, 2.45) is 23.7 Å². The second kappa shape index (κ2) is 13.4. The minimum absolute atomic E-state index is 0.0349. The van der Waals surface area contributed by atoms with Crippen LogP contribution in [-0.2, 0) is 5.41 Å². The second-order valence-electron chi connectivity index (χ2n) is 18.3. The van der Waals surface area contributed by atoms with Crippen LogP contribution >= 0.6 is 0 Å². The number of anilines is 6. The molecule has 4 bridgehead atoms. The molecular formula is C56H46F2N2. The van der Waals surface area contributed by atoms with E-state index in [-0.39, 0.29) is 17.0 Å². The number of aryl methyl sites for hydroxylation is 2. The van der Waals surface area contributed by atoms with Crippen molar-refractivity contribution in [2.45, 2.75) is 51.4 Å². The Hall–Kier alpha value is -6.26. The largest absolute Gasteiger partial charge is 0.310 e. The van der Waals surface area contributed by atoms with E-state index in [1.165, 1.54) is 87.0 Å². The molecule has 60 heavy (non-hydrogen) atoms. The third-order valence-corrected chi connectivity index (χ3v) is 14.7. The predicted molar refractivity (Wildman–Crippen MR) is 243 cm³/mol. The Morgan fingerprint density at radius 3 is 1.22 bits per heavy atom. The van der Waals surface area contributed by atoms with Gasteiger partial charge in [0.1, 0.15) is 11.6 Å². The van der Waals surface area contributed by atoms with E-state index in [0.29, 0.717) is 11.8 Å². The highest BCUT2D eigenvalue weighted by atomic mass is 19.1. The van der Waals surface area contributed by atoms with Crippen molar-refractivity contribution >= 4 is 55.7 Å². The van der Waals surface area contributed by atoms with Crippen LogP contribution in [0.5, 0.6) is 0 Å². The van der Waals surface area contributed by atoms with Crippen molar-refractivity contribution in [3.8, 4) is 11.1 Å². The number of benzene rings is 8. The number of rotatable bonds is 6. The highest BCUT2D eigenvalue weighted by molar-refractivity contribution is 6.01. The summed E-state index contributed by atoms with van der Waals surface area (Å²) in [4.78, 5) is 4.51. The van der Waals surface area contributed by atoms with E-state index in [0.717, 1.165) is 46.0 Å². The maximum atomic E-state index is 14.2. The molecule has 0 heterocycles. The zero-order valence-corrected chi connectivity index (χ0v) is 34.0. The first-order chi connectivity index (χ1) is 29.3. The van der Waals surface area contributed by atoms with E-state index >= 15 is 0 Å². The summed E-state index contributed by atoms with van der Waals surface area (Å²) >= 11 is 0. The number of halogens is 2. The summed E-state index contributed by atoms with van der Waals surface area (Å²) in [6, 6.07) is 54.6. The molecular weight excluding hydrogens is 739 g/mol. The van der Waals surface area contributed by atoms with E-state index in [2.05, 4.69) is 133 Å². The van der Waals surface area contributed by atoms with Gasteiger partial charge < -0.3 is 9.80 Å². The lowest BCUT2D eigenvalue weighted by Crippen LogP contribution is -2.55. The maximum absolute atomic E-state index is 14.2. The average Bonchev–Trinajstić information content (AvgIpc) is 3.50. The second-order valence-corrected chi connectivity index (χ2v) is 18.3. The van der Waals surface area contributed by atoms with Gasteiger partial charge in [0.2, 0.25) is 0 Å². The topological polar surface area (TPSA) is 6.48 Å². The standard InChI is InChI=1S/C56H46F2N2/c1-34-5-3-7-48(21-34)59(46-17-11-44(57)12-18-46)50-15-9-38-30-52-53-31-39-10-16-51(60(47-19-13-45(58)14-20-47)49-8-4-6-35(2)22-49)29-41(39)33-55(53)56(54(52)32-40(38)28-50)42-24-36-23-37(26-42)27-43(56)25-36/h3-22,28-33,36-37,42-43H,23-27H2,1-2H3. The Bertz CT molecular complexity index is 2790. The molecule has 0 atom stereocenters. The molecule has 2 nitrogen and oxygen atoms in total. The fraction of sp³-hybridized carbons (Fsp3) is 0.214. The molecule has 1 spiro atoms. The molecule has 8 aromatic carbocycles. The Kier molecular flexibility index (Phi) is 7.95. The first-order valence-corrected chi connectivity index (χ1v) is 21.7. The predicted octanol–water partition coefficient (Wildman–Crippen LogP) is 15.6. The summed E-state index contributed by atoms with van der Waals surface area (Å²) in [6.07, 6.45) is 6.62. The Labute approximate surface area is 350 Å². The fourth-order valence-electron chi connectivity index (χ4n) is 12.5. The van der Waals surface area contributed by atoms with Gasteiger partial charge in [0.15, 0.2) is 0 Å². The molecule has 0 N–H and O–H groups in total. The van der Waals surface area contributed by atoms with Crippen LogP contribution in [0.25, 0.3) is 32.7 Å². The van der Waals surface area contributed by atoms with Crippen molar-refractivity contribution in [2.75, 3.05) is 9.80 Å². The molecule has 13 rings (SSSR count). The normalized spacial score (nSPS) is 20.5. The van der Waals surface area contributed by atoms with Crippen LogP contribution in [0, 0.1) is 49.2 Å². The third kappa shape index (κ3) is 5.49. The van der Waals surface area contributed by atoms with Gasteiger partial charge in [0.25, 0.3) is 0 Å². The first-order valence-electron chi connectivity index (χ1n) is 21.7. The maximum Gasteiger partial charge on any atom is 0.123 e. The molecule has 4 heteroatoms. The number of hydrogen-bond acceptors (Lipinski definition) is 2. The molecule has 0 radical (unpaired) electrons. The molecule has 0 unspecified atom stereocenters. The van der Waals surface area contributed by atoms with Gasteiger partial charge in [-0.05, 0) is 246 Å². The first kappa shape index (κ1) is 35.7. The van der Waals surface area contributed by atoms with Crippen LogP contribution in [-0.4, -0.2) is 0 Å². The Morgan fingerprint density at radius 1 is 0.400 bits per heavy atom. The van der Waals surface area contributed by atoms with Gasteiger partial charge in [0.05, 0.1) is 0 Å². The van der Waals surface area contributed by atoms with Crippen LogP contribution < -0.4 is 9.80 Å². The van der Waals surface area contributed by atoms with Gasteiger partial charge in [-0.1, -0.05) is 36.4 Å². The summed E-state index contributed by atoms with van der Waals surface area (Å²) in [7, 11) is 0. The van der Waals surface area contributed by atoms with E-state index in [1.807, 2.05) is 24.3 Å². The van der Waals surface area contributed by atoms with E-state index in [9.17, 15) is 8.78 Å². The van der Waals surface area contributed by atoms with Crippen molar-refractivity contribution in [3.05, 3.63) is 192 Å². The minimum Gasteiger partial charge on any atom is -0.310 e. The van der Waals surface area contributed by atoms with Crippen molar-refractivity contribution < 1.29 is 8.78 Å². The van der Waals surface area contributed by atoms with Gasteiger partial charge in [-0.3, -0.25) is 0 Å². The van der Waals surface area contributed by atoms with Gasteiger partial charge >= 0.3 is 0 Å². The lowest BCUT2D eigenvalue weighted by atomic mass is 9.43. The molecule has 294 valence electrons. The summed E-state index contributed by atoms with van der Waals surface area (Å²) in [5, 5.41) is 4.95. The Morgan fingerprint density at radius 2 is 0.800 bits per heavy atom. The molecule has 0 saturated heterocycles. The molecule has 0 aliphatic heterocycles. The van der Waals surface area contributed by atoms with Crippen LogP contribution in [0.1, 0.15) is 54.4 Å². The molecule has 5 aliphatic rings. The smallest absolute Gasteiger partial charge is 0.123 e. The van der Waals surface area contributed by atoms with Crippen molar-refractivity contribution in [1.82, 2.24) is 0 Å².